The van der Waals surface area contributed by atoms with E-state index in [1.165, 1.54) is 12.1 Å². The minimum Gasteiger partial charge on any atom is -0.294 e. The van der Waals surface area contributed by atoms with Crippen molar-refractivity contribution in [2.24, 2.45) is 0 Å². The van der Waals surface area contributed by atoms with E-state index in [4.69, 9.17) is 0 Å². The Bertz CT molecular complexity index is 750. The number of aromatic nitrogens is 2. The smallest absolute Gasteiger partial charge is 0.240 e. The lowest BCUT2D eigenvalue weighted by Crippen LogP contribution is -2.23. The number of ketones is 1. The fourth-order valence-corrected chi connectivity index (χ4v) is 2.90. The third kappa shape index (κ3) is 3.56. The average Bonchev–Trinajstić information content (AvgIpc) is 2.90. The maximum Gasteiger partial charge on any atom is 0.240 e. The quantitative estimate of drug-likeness (QED) is 0.796. The Kier molecular flexibility index (Phi) is 4.54. The van der Waals surface area contributed by atoms with Crippen molar-refractivity contribution in [1.29, 1.82) is 0 Å². The molecule has 2 rings (SSSR count). The number of nitrogens with zero attached hydrogens (tertiary/aromatic N) is 1. The molecule has 0 saturated carbocycles. The van der Waals surface area contributed by atoms with Crippen LogP contribution in [0.1, 0.15) is 35.0 Å². The van der Waals surface area contributed by atoms with Crippen molar-refractivity contribution in [3.8, 4) is 0 Å². The Morgan fingerprint density at radius 2 is 2.14 bits per heavy atom. The number of hydrogen-bond acceptors (Lipinski definition) is 4. The number of sulfonamides is 1. The van der Waals surface area contributed by atoms with Crippen LogP contribution in [0.25, 0.3) is 0 Å². The Morgan fingerprint density at radius 3 is 2.76 bits per heavy atom. The molecule has 2 N–H and O–H groups in total. The van der Waals surface area contributed by atoms with Gasteiger partial charge in [0, 0.05) is 29.8 Å². The number of aryl methyl sites for hydroxylation is 1. The molecule has 0 radical (unpaired) electrons. The molecule has 0 aliphatic heterocycles. The average molecular weight is 307 g/mol. The number of hydrogen-bond donors (Lipinski definition) is 2. The normalized spacial score (nSPS) is 11.5. The highest BCUT2D eigenvalue weighted by atomic mass is 32.2. The molecule has 1 heterocycles. The van der Waals surface area contributed by atoms with E-state index in [0.29, 0.717) is 12.0 Å². The van der Waals surface area contributed by atoms with Crippen LogP contribution in [0.4, 0.5) is 0 Å². The van der Waals surface area contributed by atoms with E-state index in [1.807, 2.05) is 6.92 Å². The first-order valence-corrected chi connectivity index (χ1v) is 8.04. The van der Waals surface area contributed by atoms with E-state index < -0.39 is 10.0 Å². The molecule has 0 aliphatic carbocycles. The van der Waals surface area contributed by atoms with Gasteiger partial charge in [-0.1, -0.05) is 19.1 Å². The zero-order valence-corrected chi connectivity index (χ0v) is 12.7. The van der Waals surface area contributed by atoms with Gasteiger partial charge in [0.25, 0.3) is 0 Å². The second kappa shape index (κ2) is 6.19. The number of Topliss-reactive ketones (excluding diaryl/α,β-unsaturated/α-hetero) is 1. The van der Waals surface area contributed by atoms with Crippen LogP contribution in [-0.4, -0.2) is 24.4 Å². The summed E-state index contributed by atoms with van der Waals surface area (Å²) in [7, 11) is -3.66. The van der Waals surface area contributed by atoms with E-state index in [9.17, 15) is 13.2 Å². The molecule has 0 amide bonds. The van der Waals surface area contributed by atoms with Crippen LogP contribution in [0.15, 0.2) is 35.4 Å². The van der Waals surface area contributed by atoms with Gasteiger partial charge in [0.15, 0.2) is 5.78 Å². The van der Waals surface area contributed by atoms with Gasteiger partial charge in [0.1, 0.15) is 0 Å². The van der Waals surface area contributed by atoms with Crippen molar-refractivity contribution in [1.82, 2.24) is 14.9 Å². The van der Waals surface area contributed by atoms with Crippen molar-refractivity contribution in [2.45, 2.75) is 31.7 Å². The highest BCUT2D eigenvalue weighted by Gasteiger charge is 2.16. The zero-order chi connectivity index (χ0) is 15.5. The van der Waals surface area contributed by atoms with Crippen molar-refractivity contribution < 1.29 is 13.2 Å². The number of carbonyl (C=O) groups is 1. The second-order valence-electron chi connectivity index (χ2n) is 4.65. The molecule has 0 unspecified atom stereocenters. The molecule has 0 saturated heterocycles. The molecule has 112 valence electrons. The molecule has 1 aromatic carbocycles. The van der Waals surface area contributed by atoms with E-state index in [0.717, 1.165) is 11.3 Å². The summed E-state index contributed by atoms with van der Waals surface area (Å²) in [5.74, 6) is -0.0854. The molecule has 1 aromatic heterocycles. The van der Waals surface area contributed by atoms with E-state index in [1.54, 1.807) is 25.3 Å². The number of carbonyl (C=O) groups excluding carboxylic acids is 1. The predicted octanol–water partition coefficient (Wildman–Crippen LogP) is 1.79. The van der Waals surface area contributed by atoms with Gasteiger partial charge >= 0.3 is 0 Å². The lowest BCUT2D eigenvalue weighted by molar-refractivity contribution is 0.0988. The topological polar surface area (TPSA) is 91.9 Å². The Balaban J connectivity index is 2.19. The second-order valence-corrected chi connectivity index (χ2v) is 6.42. The molecular formula is C14H17N3O3S. The van der Waals surface area contributed by atoms with Crippen LogP contribution in [-0.2, 0) is 16.6 Å². The highest BCUT2D eigenvalue weighted by Crippen LogP contribution is 2.14. The molecule has 0 atom stereocenters. The summed E-state index contributed by atoms with van der Waals surface area (Å²) in [4.78, 5) is 11.7. The summed E-state index contributed by atoms with van der Waals surface area (Å²) in [6, 6.07) is 6.05. The molecular weight excluding hydrogens is 290 g/mol. The monoisotopic (exact) mass is 307 g/mol. The van der Waals surface area contributed by atoms with Crippen LogP contribution in [0.5, 0.6) is 0 Å². The molecule has 0 fully saturated rings. The largest absolute Gasteiger partial charge is 0.294 e. The van der Waals surface area contributed by atoms with Crippen LogP contribution in [0, 0.1) is 6.92 Å². The maximum atomic E-state index is 12.2. The van der Waals surface area contributed by atoms with Gasteiger partial charge < -0.3 is 0 Å². The first kappa shape index (κ1) is 15.4. The van der Waals surface area contributed by atoms with Crippen LogP contribution in [0.3, 0.4) is 0 Å². The Hall–Kier alpha value is -1.99. The molecule has 21 heavy (non-hydrogen) atoms. The zero-order valence-electron chi connectivity index (χ0n) is 11.9. The van der Waals surface area contributed by atoms with Gasteiger partial charge in [0.2, 0.25) is 10.0 Å². The molecule has 0 spiro atoms. The number of benzene rings is 1. The van der Waals surface area contributed by atoms with Gasteiger partial charge in [0.05, 0.1) is 11.1 Å². The van der Waals surface area contributed by atoms with Crippen molar-refractivity contribution in [3.63, 3.8) is 0 Å². The third-order valence-corrected chi connectivity index (χ3v) is 4.57. The first-order valence-electron chi connectivity index (χ1n) is 6.56. The fraction of sp³-hybridized carbons (Fsp3) is 0.286. The number of aromatic amines is 1. The van der Waals surface area contributed by atoms with Crippen LogP contribution in [0.2, 0.25) is 0 Å². The Morgan fingerprint density at radius 1 is 1.38 bits per heavy atom. The summed E-state index contributed by atoms with van der Waals surface area (Å²) in [5, 5.41) is 6.59. The SMILES string of the molecule is CCC(=O)c1cccc(S(=O)(=O)NCc2cn[nH]c2C)c1. The van der Waals surface area contributed by atoms with E-state index in [2.05, 4.69) is 14.9 Å². The molecule has 0 bridgehead atoms. The number of rotatable bonds is 6. The lowest BCUT2D eigenvalue weighted by atomic mass is 10.1. The van der Waals surface area contributed by atoms with Gasteiger partial charge in [-0.05, 0) is 19.1 Å². The molecule has 7 heteroatoms. The Labute approximate surface area is 123 Å². The lowest BCUT2D eigenvalue weighted by Gasteiger charge is -2.07. The van der Waals surface area contributed by atoms with Crippen molar-refractivity contribution in [3.05, 3.63) is 47.3 Å². The van der Waals surface area contributed by atoms with Crippen molar-refractivity contribution in [2.75, 3.05) is 0 Å². The summed E-state index contributed by atoms with van der Waals surface area (Å²) >= 11 is 0. The summed E-state index contributed by atoms with van der Waals surface area (Å²) in [6.45, 7) is 3.71. The maximum absolute atomic E-state index is 12.2. The summed E-state index contributed by atoms with van der Waals surface area (Å²) in [5.41, 5.74) is 1.99. The van der Waals surface area contributed by atoms with Gasteiger partial charge in [-0.15, -0.1) is 0 Å². The predicted molar refractivity (Wildman–Crippen MR) is 78.4 cm³/mol. The van der Waals surface area contributed by atoms with Gasteiger partial charge in [-0.2, -0.15) is 5.10 Å². The standard InChI is InChI=1S/C14H17N3O3S/c1-3-14(18)11-5-4-6-13(7-11)21(19,20)16-9-12-8-15-17-10(12)2/h4-8,16H,3,9H2,1-2H3,(H,15,17). The van der Waals surface area contributed by atoms with Gasteiger partial charge in [-0.25, -0.2) is 13.1 Å². The van der Waals surface area contributed by atoms with E-state index in [-0.39, 0.29) is 17.2 Å². The minimum absolute atomic E-state index is 0.0854. The fourth-order valence-electron chi connectivity index (χ4n) is 1.85. The summed E-state index contributed by atoms with van der Waals surface area (Å²) < 4.78 is 27.0. The minimum atomic E-state index is -3.66. The van der Waals surface area contributed by atoms with Crippen LogP contribution < -0.4 is 4.72 Å². The molecule has 6 nitrogen and oxygen atoms in total. The van der Waals surface area contributed by atoms with E-state index >= 15 is 0 Å². The first-order chi connectivity index (χ1) is 9.94. The number of nitrogens with one attached hydrogen (secondary N) is 2. The third-order valence-electron chi connectivity index (χ3n) is 3.17. The van der Waals surface area contributed by atoms with Crippen molar-refractivity contribution >= 4 is 15.8 Å². The highest BCUT2D eigenvalue weighted by molar-refractivity contribution is 7.89. The number of H-pyrrole nitrogens is 1. The van der Waals surface area contributed by atoms with Gasteiger partial charge in [-0.3, -0.25) is 9.89 Å². The molecule has 2 aromatic rings. The van der Waals surface area contributed by atoms with Crippen LogP contribution >= 0.6 is 0 Å². The molecule has 0 aliphatic rings. The summed E-state index contributed by atoms with van der Waals surface area (Å²) in [6.07, 6.45) is 1.92.